The molecule has 0 bridgehead atoms. The average molecular weight is 349 g/mol. The van der Waals surface area contributed by atoms with Gasteiger partial charge in [-0.05, 0) is 12.5 Å². The lowest BCUT2D eigenvalue weighted by molar-refractivity contribution is -0.385. The molecule has 0 aromatic heterocycles. The van der Waals surface area contributed by atoms with Crippen LogP contribution in [0.25, 0.3) is 0 Å². The highest BCUT2D eigenvalue weighted by atomic mass is 19.4. The molecule has 10 heteroatoms. The molecule has 0 unspecified atom stereocenters. The van der Waals surface area contributed by atoms with Gasteiger partial charge >= 0.3 is 6.18 Å². The molecule has 132 valence electrons. The molecule has 1 atom stereocenters. The summed E-state index contributed by atoms with van der Waals surface area (Å²) in [7, 11) is 0. The second-order valence-electron chi connectivity index (χ2n) is 5.47. The maximum atomic E-state index is 13.0. The van der Waals surface area contributed by atoms with Gasteiger partial charge in [0.25, 0.3) is 11.6 Å². The molecule has 0 radical (unpaired) electrons. The van der Waals surface area contributed by atoms with Gasteiger partial charge in [-0.3, -0.25) is 19.8 Å². The largest absolute Gasteiger partial charge is 0.416 e. The van der Waals surface area contributed by atoms with Crippen molar-refractivity contribution in [2.24, 2.45) is 0 Å². The number of non-ortho nitro benzene ring substituents is 1. The number of amides is 1. The van der Waals surface area contributed by atoms with E-state index in [1.165, 1.54) is 0 Å². The molecule has 1 fully saturated rings. The number of carbonyl (C=O) groups excluding carboxylic acids is 1. The van der Waals surface area contributed by atoms with Crippen molar-refractivity contribution in [2.45, 2.75) is 18.8 Å². The predicted octanol–water partition coefficient (Wildman–Crippen LogP) is 2.39. The summed E-state index contributed by atoms with van der Waals surface area (Å²) in [5, 5.41) is 13.1. The first-order chi connectivity index (χ1) is 11.2. The number of likely N-dealkylation sites (tertiary alicyclic amines) is 1. The highest BCUT2D eigenvalue weighted by molar-refractivity contribution is 5.95. The summed E-state index contributed by atoms with van der Waals surface area (Å²) in [5.74, 6) is -0.847. The van der Waals surface area contributed by atoms with Crippen LogP contribution in [0.15, 0.2) is 18.2 Å². The summed E-state index contributed by atoms with van der Waals surface area (Å²) in [5.41, 5.74) is -2.52. The van der Waals surface area contributed by atoms with Crippen LogP contribution in [-0.2, 0) is 6.18 Å². The number of nitrogens with one attached hydrogen (secondary N) is 1. The van der Waals surface area contributed by atoms with Gasteiger partial charge in [-0.1, -0.05) is 0 Å². The van der Waals surface area contributed by atoms with E-state index in [1.807, 2.05) is 0 Å². The molecule has 1 amide bonds. The summed E-state index contributed by atoms with van der Waals surface area (Å²) in [6.45, 7) is 1.26. The van der Waals surface area contributed by atoms with Crippen LogP contribution in [0.1, 0.15) is 22.3 Å². The second kappa shape index (κ2) is 7.12. The molecule has 24 heavy (non-hydrogen) atoms. The number of halogens is 4. The van der Waals surface area contributed by atoms with E-state index in [9.17, 15) is 32.5 Å². The molecule has 0 saturated carbocycles. The Morgan fingerprint density at radius 3 is 2.62 bits per heavy atom. The Kier molecular flexibility index (Phi) is 5.37. The van der Waals surface area contributed by atoms with E-state index in [2.05, 4.69) is 5.32 Å². The number of benzene rings is 1. The predicted molar refractivity (Wildman–Crippen MR) is 76.4 cm³/mol. The van der Waals surface area contributed by atoms with E-state index in [4.69, 9.17) is 0 Å². The van der Waals surface area contributed by atoms with Gasteiger partial charge in [-0.25, -0.2) is 4.39 Å². The number of nitro groups is 1. The molecule has 6 nitrogen and oxygen atoms in total. The van der Waals surface area contributed by atoms with Crippen LogP contribution in [0.3, 0.4) is 0 Å². The monoisotopic (exact) mass is 349 g/mol. The fourth-order valence-corrected chi connectivity index (χ4v) is 2.43. The number of rotatable bonds is 5. The summed E-state index contributed by atoms with van der Waals surface area (Å²) in [4.78, 5) is 23.5. The molecule has 2 rings (SSSR count). The van der Waals surface area contributed by atoms with Crippen molar-refractivity contribution in [3.05, 3.63) is 39.4 Å². The molecule has 0 aliphatic carbocycles. The zero-order valence-corrected chi connectivity index (χ0v) is 12.5. The third kappa shape index (κ3) is 4.63. The summed E-state index contributed by atoms with van der Waals surface area (Å²) < 4.78 is 51.3. The lowest BCUT2D eigenvalue weighted by Crippen LogP contribution is -2.34. The van der Waals surface area contributed by atoms with Crippen molar-refractivity contribution in [3.8, 4) is 0 Å². The number of hydrogen-bond donors (Lipinski definition) is 1. The van der Waals surface area contributed by atoms with Crippen LogP contribution >= 0.6 is 0 Å². The smallest absolute Gasteiger partial charge is 0.351 e. The Morgan fingerprint density at radius 2 is 2.08 bits per heavy atom. The molecule has 0 spiro atoms. The van der Waals surface area contributed by atoms with Crippen LogP contribution in [0.2, 0.25) is 0 Å². The van der Waals surface area contributed by atoms with Crippen LogP contribution in [-0.4, -0.2) is 48.1 Å². The van der Waals surface area contributed by atoms with Crippen molar-refractivity contribution < 1.29 is 27.3 Å². The number of nitro benzene ring substituents is 1. The summed E-state index contributed by atoms with van der Waals surface area (Å²) in [6.07, 6.45) is -5.30. The quantitative estimate of drug-likeness (QED) is 0.503. The molecule has 1 aromatic carbocycles. The van der Waals surface area contributed by atoms with Crippen LogP contribution in [0.4, 0.5) is 23.2 Å². The van der Waals surface area contributed by atoms with Gasteiger partial charge in [0.05, 0.1) is 10.5 Å². The van der Waals surface area contributed by atoms with E-state index >= 15 is 0 Å². The van der Waals surface area contributed by atoms with E-state index in [-0.39, 0.29) is 13.1 Å². The van der Waals surface area contributed by atoms with Gasteiger partial charge in [-0.2, -0.15) is 13.2 Å². The number of nitrogens with zero attached hydrogens (tertiary/aromatic N) is 2. The van der Waals surface area contributed by atoms with Gasteiger partial charge in [0.15, 0.2) is 0 Å². The van der Waals surface area contributed by atoms with Gasteiger partial charge in [-0.15, -0.1) is 0 Å². The Hall–Kier alpha value is -2.23. The first-order valence-electron chi connectivity index (χ1n) is 7.18. The third-order valence-corrected chi connectivity index (χ3v) is 3.65. The van der Waals surface area contributed by atoms with E-state index < -0.39 is 40.0 Å². The second-order valence-corrected chi connectivity index (χ2v) is 5.47. The minimum atomic E-state index is -4.80. The molecular formula is C14H15F4N3O3. The maximum Gasteiger partial charge on any atom is 0.416 e. The van der Waals surface area contributed by atoms with Crippen LogP contribution in [0, 0.1) is 10.1 Å². The Morgan fingerprint density at radius 1 is 1.38 bits per heavy atom. The molecule has 1 aromatic rings. The SMILES string of the molecule is O=C(NCCN1CC[C@H](F)C1)c1cc([N+](=O)[O-])cc(C(F)(F)F)c1. The normalized spacial score (nSPS) is 18.6. The van der Waals surface area contributed by atoms with Crippen molar-refractivity contribution in [2.75, 3.05) is 26.2 Å². The van der Waals surface area contributed by atoms with Crippen molar-refractivity contribution in [1.82, 2.24) is 10.2 Å². The first kappa shape index (κ1) is 18.1. The lowest BCUT2D eigenvalue weighted by atomic mass is 10.1. The number of alkyl halides is 4. The van der Waals surface area contributed by atoms with Gasteiger partial charge in [0, 0.05) is 43.9 Å². The average Bonchev–Trinajstić information content (AvgIpc) is 2.91. The molecule has 1 aliphatic heterocycles. The molecular weight excluding hydrogens is 334 g/mol. The van der Waals surface area contributed by atoms with Gasteiger partial charge < -0.3 is 5.32 Å². The topological polar surface area (TPSA) is 75.5 Å². The number of hydrogen-bond acceptors (Lipinski definition) is 4. The molecule has 1 saturated heterocycles. The molecule has 1 N–H and O–H groups in total. The highest BCUT2D eigenvalue weighted by Crippen LogP contribution is 2.32. The van der Waals surface area contributed by atoms with Crippen molar-refractivity contribution in [1.29, 1.82) is 0 Å². The Balaban J connectivity index is 2.05. The summed E-state index contributed by atoms with van der Waals surface area (Å²) in [6, 6.07) is 1.73. The van der Waals surface area contributed by atoms with E-state index in [1.54, 1.807) is 4.90 Å². The minimum absolute atomic E-state index is 0.107. The molecule has 1 heterocycles. The van der Waals surface area contributed by atoms with E-state index in [0.29, 0.717) is 31.6 Å². The standard InChI is InChI=1S/C14H15F4N3O3/c15-11-1-3-20(8-11)4-2-19-13(22)9-5-10(14(16,17)18)7-12(6-9)21(23)24/h5-7,11H,1-4,8H2,(H,19,22)/t11-/m0/s1. The Labute approximate surface area is 134 Å². The minimum Gasteiger partial charge on any atom is -0.351 e. The first-order valence-corrected chi connectivity index (χ1v) is 7.18. The Bertz CT molecular complexity index is 636. The molecule has 1 aliphatic rings. The highest BCUT2D eigenvalue weighted by Gasteiger charge is 2.33. The van der Waals surface area contributed by atoms with Crippen molar-refractivity contribution >= 4 is 11.6 Å². The van der Waals surface area contributed by atoms with Gasteiger partial charge in [0.2, 0.25) is 0 Å². The van der Waals surface area contributed by atoms with Crippen LogP contribution < -0.4 is 5.32 Å². The summed E-state index contributed by atoms with van der Waals surface area (Å²) >= 11 is 0. The van der Waals surface area contributed by atoms with E-state index in [0.717, 1.165) is 6.07 Å². The zero-order valence-electron chi connectivity index (χ0n) is 12.5. The number of carbonyl (C=O) groups is 1. The lowest BCUT2D eigenvalue weighted by Gasteiger charge is -2.15. The maximum absolute atomic E-state index is 13.0. The fraction of sp³-hybridized carbons (Fsp3) is 0.500. The van der Waals surface area contributed by atoms with Gasteiger partial charge in [0.1, 0.15) is 6.17 Å². The van der Waals surface area contributed by atoms with Crippen LogP contribution in [0.5, 0.6) is 0 Å². The van der Waals surface area contributed by atoms with Crippen molar-refractivity contribution in [3.63, 3.8) is 0 Å². The fourth-order valence-electron chi connectivity index (χ4n) is 2.43. The zero-order chi connectivity index (χ0) is 17.9. The third-order valence-electron chi connectivity index (χ3n) is 3.65.